The van der Waals surface area contributed by atoms with Gasteiger partial charge in [-0.05, 0) is 44.6 Å². The van der Waals surface area contributed by atoms with E-state index in [9.17, 15) is 4.79 Å². The number of piperidine rings is 2. The van der Waals surface area contributed by atoms with Gasteiger partial charge in [-0.1, -0.05) is 13.8 Å². The molecule has 0 saturated carbocycles. The summed E-state index contributed by atoms with van der Waals surface area (Å²) in [5, 5.41) is 3.64. The van der Waals surface area contributed by atoms with Gasteiger partial charge in [0.1, 0.15) is 0 Å². The van der Waals surface area contributed by atoms with Crippen LogP contribution in [0.4, 0.5) is 0 Å². The third-order valence-corrected chi connectivity index (χ3v) is 4.71. The summed E-state index contributed by atoms with van der Waals surface area (Å²) in [6.07, 6.45) is 6.03. The first-order valence-corrected chi connectivity index (χ1v) is 8.44. The molecular formula is C16H31N3O. The smallest absolute Gasteiger partial charge is 0.236 e. The lowest BCUT2D eigenvalue weighted by molar-refractivity contribution is -0.133. The van der Waals surface area contributed by atoms with Crippen molar-refractivity contribution in [1.82, 2.24) is 15.1 Å². The second-order valence-corrected chi connectivity index (χ2v) is 6.50. The van der Waals surface area contributed by atoms with Crippen molar-refractivity contribution >= 4 is 5.91 Å². The van der Waals surface area contributed by atoms with E-state index in [1.54, 1.807) is 0 Å². The molecule has 4 nitrogen and oxygen atoms in total. The molecular weight excluding hydrogens is 250 g/mol. The van der Waals surface area contributed by atoms with Gasteiger partial charge in [-0.25, -0.2) is 0 Å². The van der Waals surface area contributed by atoms with Gasteiger partial charge in [0.15, 0.2) is 0 Å². The maximum atomic E-state index is 12.3. The second-order valence-electron chi connectivity index (χ2n) is 6.50. The van der Waals surface area contributed by atoms with Gasteiger partial charge in [0.25, 0.3) is 0 Å². The number of rotatable bonds is 5. The molecule has 2 heterocycles. The van der Waals surface area contributed by atoms with Crippen LogP contribution >= 0.6 is 0 Å². The summed E-state index contributed by atoms with van der Waals surface area (Å²) >= 11 is 0. The van der Waals surface area contributed by atoms with Gasteiger partial charge in [-0.3, -0.25) is 9.69 Å². The minimum absolute atomic E-state index is 0.344. The van der Waals surface area contributed by atoms with E-state index in [4.69, 9.17) is 0 Å². The van der Waals surface area contributed by atoms with E-state index >= 15 is 0 Å². The standard InChI is InChI=1S/C16H31N3O/c1-3-8-17-15-7-11-18(12-14(15)2)13-16(20)19-9-5-4-6-10-19/h14-15,17H,3-13H2,1-2H3. The fraction of sp³-hybridized carbons (Fsp3) is 0.938. The Bertz CT molecular complexity index is 302. The molecule has 0 radical (unpaired) electrons. The fourth-order valence-electron chi connectivity index (χ4n) is 3.44. The Balaban J connectivity index is 1.73. The van der Waals surface area contributed by atoms with Crippen LogP contribution in [0.5, 0.6) is 0 Å². The van der Waals surface area contributed by atoms with Crippen molar-refractivity contribution in [2.24, 2.45) is 5.92 Å². The Morgan fingerprint density at radius 2 is 1.95 bits per heavy atom. The minimum Gasteiger partial charge on any atom is -0.342 e. The number of nitrogens with zero attached hydrogens (tertiary/aromatic N) is 2. The quantitative estimate of drug-likeness (QED) is 0.833. The van der Waals surface area contributed by atoms with E-state index < -0.39 is 0 Å². The Kier molecular flexibility index (Phi) is 6.30. The molecule has 2 saturated heterocycles. The van der Waals surface area contributed by atoms with Gasteiger partial charge in [0, 0.05) is 32.2 Å². The maximum absolute atomic E-state index is 12.3. The van der Waals surface area contributed by atoms with Gasteiger partial charge in [-0.15, -0.1) is 0 Å². The van der Waals surface area contributed by atoms with E-state index in [-0.39, 0.29) is 0 Å². The molecule has 1 N–H and O–H groups in total. The Morgan fingerprint density at radius 1 is 1.20 bits per heavy atom. The predicted octanol–water partition coefficient (Wildman–Crippen LogP) is 1.71. The van der Waals surface area contributed by atoms with Gasteiger partial charge in [0.05, 0.1) is 6.54 Å². The molecule has 0 spiro atoms. The van der Waals surface area contributed by atoms with Crippen LogP contribution in [0.1, 0.15) is 46.0 Å². The zero-order valence-corrected chi connectivity index (χ0v) is 13.2. The topological polar surface area (TPSA) is 35.6 Å². The molecule has 2 aliphatic heterocycles. The molecule has 2 rings (SSSR count). The Morgan fingerprint density at radius 3 is 2.60 bits per heavy atom. The predicted molar refractivity (Wildman–Crippen MR) is 82.7 cm³/mol. The van der Waals surface area contributed by atoms with Crippen molar-refractivity contribution in [3.05, 3.63) is 0 Å². The lowest BCUT2D eigenvalue weighted by atomic mass is 9.93. The largest absolute Gasteiger partial charge is 0.342 e. The van der Waals surface area contributed by atoms with Crippen LogP contribution in [0.25, 0.3) is 0 Å². The lowest BCUT2D eigenvalue weighted by Crippen LogP contribution is -2.51. The van der Waals surface area contributed by atoms with Crippen LogP contribution in [0.15, 0.2) is 0 Å². The second kappa shape index (κ2) is 7.99. The van der Waals surface area contributed by atoms with E-state index in [2.05, 4.69) is 29.0 Å². The molecule has 4 heteroatoms. The summed E-state index contributed by atoms with van der Waals surface area (Å²) in [5.41, 5.74) is 0. The van der Waals surface area contributed by atoms with E-state index in [0.717, 1.165) is 32.7 Å². The van der Waals surface area contributed by atoms with Crippen molar-refractivity contribution in [1.29, 1.82) is 0 Å². The number of nitrogens with one attached hydrogen (secondary N) is 1. The molecule has 0 bridgehead atoms. The Hall–Kier alpha value is -0.610. The highest BCUT2D eigenvalue weighted by molar-refractivity contribution is 5.78. The average molecular weight is 281 g/mol. The SMILES string of the molecule is CCCNC1CCN(CC(=O)N2CCCCC2)CC1C. The molecule has 0 aromatic carbocycles. The molecule has 0 aromatic rings. The van der Waals surface area contributed by atoms with Crippen molar-refractivity contribution in [3.8, 4) is 0 Å². The zero-order chi connectivity index (χ0) is 14.4. The molecule has 2 atom stereocenters. The zero-order valence-electron chi connectivity index (χ0n) is 13.2. The van der Waals surface area contributed by atoms with E-state index in [1.165, 1.54) is 32.1 Å². The third kappa shape index (κ3) is 4.45. The van der Waals surface area contributed by atoms with E-state index in [1.807, 2.05) is 0 Å². The highest BCUT2D eigenvalue weighted by Gasteiger charge is 2.27. The number of carbonyl (C=O) groups is 1. The van der Waals surface area contributed by atoms with Crippen LogP contribution in [0.3, 0.4) is 0 Å². The lowest BCUT2D eigenvalue weighted by Gasteiger charge is -2.38. The van der Waals surface area contributed by atoms with Crippen LogP contribution in [0, 0.1) is 5.92 Å². The minimum atomic E-state index is 0.344. The molecule has 0 aromatic heterocycles. The summed E-state index contributed by atoms with van der Waals surface area (Å²) in [6, 6.07) is 0.635. The first-order chi connectivity index (χ1) is 9.70. The molecule has 0 aliphatic carbocycles. The summed E-state index contributed by atoms with van der Waals surface area (Å²) in [6.45, 7) is 10.3. The van der Waals surface area contributed by atoms with Crippen molar-refractivity contribution in [3.63, 3.8) is 0 Å². The summed E-state index contributed by atoms with van der Waals surface area (Å²) in [7, 11) is 0. The summed E-state index contributed by atoms with van der Waals surface area (Å²) in [5.74, 6) is 0.987. The highest BCUT2D eigenvalue weighted by atomic mass is 16.2. The maximum Gasteiger partial charge on any atom is 0.236 e. The number of hydrogen-bond acceptors (Lipinski definition) is 3. The van der Waals surface area contributed by atoms with Crippen LogP contribution in [0.2, 0.25) is 0 Å². The van der Waals surface area contributed by atoms with Crippen LogP contribution < -0.4 is 5.32 Å². The van der Waals surface area contributed by atoms with Crippen LogP contribution in [-0.4, -0.2) is 61.0 Å². The van der Waals surface area contributed by atoms with Gasteiger partial charge in [0.2, 0.25) is 5.91 Å². The van der Waals surface area contributed by atoms with Gasteiger partial charge in [-0.2, -0.15) is 0 Å². The number of hydrogen-bond donors (Lipinski definition) is 1. The molecule has 2 fully saturated rings. The van der Waals surface area contributed by atoms with Crippen molar-refractivity contribution in [2.75, 3.05) is 39.3 Å². The number of likely N-dealkylation sites (tertiary alicyclic amines) is 2. The van der Waals surface area contributed by atoms with E-state index in [0.29, 0.717) is 24.4 Å². The first kappa shape index (κ1) is 15.8. The van der Waals surface area contributed by atoms with Crippen molar-refractivity contribution in [2.45, 2.75) is 52.0 Å². The number of amides is 1. The normalized spacial score (nSPS) is 28.6. The van der Waals surface area contributed by atoms with Gasteiger partial charge >= 0.3 is 0 Å². The third-order valence-electron chi connectivity index (χ3n) is 4.71. The van der Waals surface area contributed by atoms with Crippen molar-refractivity contribution < 1.29 is 4.79 Å². The molecule has 116 valence electrons. The monoisotopic (exact) mass is 281 g/mol. The number of carbonyl (C=O) groups excluding carboxylic acids is 1. The van der Waals surface area contributed by atoms with Crippen LogP contribution in [-0.2, 0) is 4.79 Å². The highest BCUT2D eigenvalue weighted by Crippen LogP contribution is 2.17. The Labute approximate surface area is 123 Å². The summed E-state index contributed by atoms with van der Waals surface area (Å²) < 4.78 is 0. The first-order valence-electron chi connectivity index (χ1n) is 8.44. The average Bonchev–Trinajstić information content (AvgIpc) is 2.47. The fourth-order valence-corrected chi connectivity index (χ4v) is 3.44. The molecule has 2 aliphatic rings. The molecule has 1 amide bonds. The molecule has 2 unspecified atom stereocenters. The van der Waals surface area contributed by atoms with Gasteiger partial charge < -0.3 is 10.2 Å². The summed E-state index contributed by atoms with van der Waals surface area (Å²) in [4.78, 5) is 16.7. The molecule has 20 heavy (non-hydrogen) atoms.